The summed E-state index contributed by atoms with van der Waals surface area (Å²) in [7, 11) is 0. The first-order valence-corrected chi connectivity index (χ1v) is 9.57. The lowest BCUT2D eigenvalue weighted by Gasteiger charge is -2.29. The number of anilines is 2. The Hall–Kier alpha value is -2.68. The van der Waals surface area contributed by atoms with Gasteiger partial charge in [0, 0.05) is 30.0 Å². The van der Waals surface area contributed by atoms with Gasteiger partial charge in [-0.2, -0.15) is 13.2 Å². The molecule has 1 heterocycles. The van der Waals surface area contributed by atoms with Crippen LogP contribution in [0.15, 0.2) is 53.4 Å². The number of benzene rings is 2. The normalized spacial score (nSPS) is 13.6. The molecule has 1 aliphatic rings. The maximum absolute atomic E-state index is 12.7. The number of carbonyl (C=O) groups is 2. The van der Waals surface area contributed by atoms with Crippen molar-refractivity contribution in [3.8, 4) is 0 Å². The quantitative estimate of drug-likeness (QED) is 0.731. The second-order valence-corrected chi connectivity index (χ2v) is 7.25. The van der Waals surface area contributed by atoms with Gasteiger partial charge in [-0.1, -0.05) is 18.2 Å². The number of rotatable bonds is 5. The Morgan fingerprint density at radius 1 is 1.07 bits per heavy atom. The fourth-order valence-corrected chi connectivity index (χ4v) is 3.76. The van der Waals surface area contributed by atoms with Crippen molar-refractivity contribution < 1.29 is 22.8 Å². The average molecular weight is 409 g/mol. The summed E-state index contributed by atoms with van der Waals surface area (Å²) < 4.78 is 38.1. The van der Waals surface area contributed by atoms with E-state index >= 15 is 0 Å². The molecule has 0 aliphatic carbocycles. The Morgan fingerprint density at radius 2 is 1.86 bits per heavy atom. The molecule has 0 aromatic heterocycles. The third-order valence-corrected chi connectivity index (χ3v) is 5.17. The second kappa shape index (κ2) is 8.55. The first-order valence-electron chi connectivity index (χ1n) is 8.59. The molecule has 3 rings (SSSR count). The second-order valence-electron chi connectivity index (χ2n) is 6.11. The number of hydrazine groups is 1. The molecule has 1 aliphatic heterocycles. The smallest absolute Gasteiger partial charge is 0.310 e. The van der Waals surface area contributed by atoms with Gasteiger partial charge in [0.25, 0.3) is 0 Å². The lowest BCUT2D eigenvalue weighted by molar-refractivity contribution is -0.137. The predicted octanol–water partition coefficient (Wildman–Crippen LogP) is 4.07. The molecule has 148 valence electrons. The number of halogens is 3. The molecule has 0 saturated heterocycles. The Balaban J connectivity index is 1.51. The van der Waals surface area contributed by atoms with Gasteiger partial charge < -0.3 is 4.90 Å². The third kappa shape index (κ3) is 4.98. The van der Waals surface area contributed by atoms with E-state index in [4.69, 9.17) is 0 Å². The van der Waals surface area contributed by atoms with Crippen LogP contribution in [0, 0.1) is 0 Å². The first-order chi connectivity index (χ1) is 13.3. The van der Waals surface area contributed by atoms with E-state index in [1.54, 1.807) is 16.7 Å². The van der Waals surface area contributed by atoms with Crippen LogP contribution in [0.4, 0.5) is 24.5 Å². The van der Waals surface area contributed by atoms with Crippen LogP contribution in [0.5, 0.6) is 0 Å². The molecule has 0 atom stereocenters. The molecule has 0 saturated carbocycles. The predicted molar refractivity (Wildman–Crippen MR) is 102 cm³/mol. The van der Waals surface area contributed by atoms with E-state index in [0.29, 0.717) is 6.54 Å². The van der Waals surface area contributed by atoms with E-state index in [0.717, 1.165) is 28.5 Å². The number of fused-ring (bicyclic) bond motifs is 1. The number of nitrogens with one attached hydrogen (secondary N) is 2. The number of hydrogen-bond donors (Lipinski definition) is 2. The minimum atomic E-state index is -4.46. The van der Waals surface area contributed by atoms with Crippen molar-refractivity contribution in [2.75, 3.05) is 22.6 Å². The van der Waals surface area contributed by atoms with Crippen molar-refractivity contribution in [3.63, 3.8) is 0 Å². The molecule has 0 bridgehead atoms. The van der Waals surface area contributed by atoms with Crippen LogP contribution in [-0.4, -0.2) is 24.1 Å². The Morgan fingerprint density at radius 3 is 2.64 bits per heavy atom. The Labute approximate surface area is 164 Å². The maximum atomic E-state index is 12.7. The first kappa shape index (κ1) is 20.1. The highest BCUT2D eigenvalue weighted by Gasteiger charge is 2.30. The number of para-hydroxylation sites is 1. The molecule has 9 heteroatoms. The van der Waals surface area contributed by atoms with Crippen molar-refractivity contribution >= 4 is 35.0 Å². The largest absolute Gasteiger partial charge is 0.416 e. The van der Waals surface area contributed by atoms with Gasteiger partial charge in [-0.3, -0.25) is 20.4 Å². The van der Waals surface area contributed by atoms with E-state index in [2.05, 4.69) is 10.9 Å². The standard InChI is InChI=1S/C19H18F3N3O2S/c20-19(21,22)13-4-3-5-14(12-13)23-24-17(26)8-9-18(27)25-10-11-28-16-7-2-1-6-15(16)25/h1-7,12,23H,8-11H2,(H,24,26). The molecule has 5 nitrogen and oxygen atoms in total. The van der Waals surface area contributed by atoms with Crippen LogP contribution < -0.4 is 15.8 Å². The topological polar surface area (TPSA) is 61.4 Å². The van der Waals surface area contributed by atoms with Gasteiger partial charge in [-0.05, 0) is 30.3 Å². The van der Waals surface area contributed by atoms with E-state index < -0.39 is 17.6 Å². The molecule has 0 spiro atoms. The Kier molecular flexibility index (Phi) is 6.13. The molecule has 0 radical (unpaired) electrons. The summed E-state index contributed by atoms with van der Waals surface area (Å²) in [5.41, 5.74) is 4.90. The molecular weight excluding hydrogens is 391 g/mol. The highest BCUT2D eigenvalue weighted by molar-refractivity contribution is 7.99. The maximum Gasteiger partial charge on any atom is 0.416 e. The molecular formula is C19H18F3N3O2S. The summed E-state index contributed by atoms with van der Waals surface area (Å²) in [5, 5.41) is 0. The number of amides is 2. The van der Waals surface area contributed by atoms with Crippen LogP contribution in [0.1, 0.15) is 18.4 Å². The summed E-state index contributed by atoms with van der Waals surface area (Å²) in [4.78, 5) is 27.1. The highest BCUT2D eigenvalue weighted by Crippen LogP contribution is 2.34. The number of carbonyl (C=O) groups excluding carboxylic acids is 2. The monoisotopic (exact) mass is 409 g/mol. The summed E-state index contributed by atoms with van der Waals surface area (Å²) in [6.45, 7) is 0.574. The van der Waals surface area contributed by atoms with E-state index in [9.17, 15) is 22.8 Å². The molecule has 28 heavy (non-hydrogen) atoms. The van der Waals surface area contributed by atoms with Crippen molar-refractivity contribution in [1.29, 1.82) is 0 Å². The molecule has 2 aromatic carbocycles. The zero-order valence-corrected chi connectivity index (χ0v) is 15.6. The average Bonchev–Trinajstić information content (AvgIpc) is 2.69. The molecule has 2 N–H and O–H groups in total. The lowest BCUT2D eigenvalue weighted by atomic mass is 10.2. The zero-order valence-electron chi connectivity index (χ0n) is 14.8. The minimum absolute atomic E-state index is 0.00903. The van der Waals surface area contributed by atoms with Crippen molar-refractivity contribution in [2.45, 2.75) is 23.9 Å². The summed E-state index contributed by atoms with van der Waals surface area (Å²) >= 11 is 1.68. The Bertz CT molecular complexity index is 873. The van der Waals surface area contributed by atoms with Gasteiger partial charge in [0.15, 0.2) is 0 Å². The van der Waals surface area contributed by atoms with Gasteiger partial charge in [0.2, 0.25) is 11.8 Å². The summed E-state index contributed by atoms with van der Waals surface area (Å²) in [6.07, 6.45) is -4.52. The van der Waals surface area contributed by atoms with Crippen LogP contribution in [0.2, 0.25) is 0 Å². The molecule has 0 unspecified atom stereocenters. The van der Waals surface area contributed by atoms with E-state index in [1.165, 1.54) is 12.1 Å². The van der Waals surface area contributed by atoms with Gasteiger partial charge in [-0.15, -0.1) is 11.8 Å². The minimum Gasteiger partial charge on any atom is -0.310 e. The summed E-state index contributed by atoms with van der Waals surface area (Å²) in [6, 6.07) is 12.1. The third-order valence-electron chi connectivity index (χ3n) is 4.13. The fourth-order valence-electron chi connectivity index (χ4n) is 2.76. The number of hydrogen-bond acceptors (Lipinski definition) is 4. The van der Waals surface area contributed by atoms with Crippen molar-refractivity contribution in [1.82, 2.24) is 5.43 Å². The fraction of sp³-hybridized carbons (Fsp3) is 0.263. The van der Waals surface area contributed by atoms with Gasteiger partial charge in [-0.25, -0.2) is 0 Å². The highest BCUT2D eigenvalue weighted by atomic mass is 32.2. The molecule has 2 aromatic rings. The van der Waals surface area contributed by atoms with Gasteiger partial charge in [0.05, 0.1) is 16.9 Å². The van der Waals surface area contributed by atoms with Crippen LogP contribution >= 0.6 is 11.8 Å². The number of nitrogens with zero attached hydrogens (tertiary/aromatic N) is 1. The summed E-state index contributed by atoms with van der Waals surface area (Å²) in [5.74, 6) is 0.138. The number of alkyl halides is 3. The van der Waals surface area contributed by atoms with Gasteiger partial charge >= 0.3 is 6.18 Å². The number of thioether (sulfide) groups is 1. The van der Waals surface area contributed by atoms with Crippen LogP contribution in [0.25, 0.3) is 0 Å². The van der Waals surface area contributed by atoms with Crippen molar-refractivity contribution in [3.05, 3.63) is 54.1 Å². The van der Waals surface area contributed by atoms with Crippen molar-refractivity contribution in [2.24, 2.45) is 0 Å². The molecule has 2 amide bonds. The zero-order chi connectivity index (χ0) is 20.1. The molecule has 0 fully saturated rings. The van der Waals surface area contributed by atoms with Crippen LogP contribution in [-0.2, 0) is 15.8 Å². The van der Waals surface area contributed by atoms with Crippen LogP contribution in [0.3, 0.4) is 0 Å². The lowest BCUT2D eigenvalue weighted by Crippen LogP contribution is -2.36. The SMILES string of the molecule is O=C(CCC(=O)N1CCSc2ccccc21)NNc1cccc(C(F)(F)F)c1. The van der Waals surface area contributed by atoms with E-state index in [1.807, 2.05) is 24.3 Å². The van der Waals surface area contributed by atoms with E-state index in [-0.39, 0.29) is 24.4 Å². The van der Waals surface area contributed by atoms with Gasteiger partial charge in [0.1, 0.15) is 0 Å².